The zero-order chi connectivity index (χ0) is 13.0. The first kappa shape index (κ1) is 12.8. The maximum atomic E-state index is 9.40. The Bertz CT molecular complexity index is 561. The maximum absolute atomic E-state index is 9.40. The van der Waals surface area contributed by atoms with Gasteiger partial charge in [-0.2, -0.15) is 0 Å². The molecule has 0 heterocycles. The number of halogens is 1. The number of nitrogens with zero attached hydrogens (tertiary/aromatic N) is 1. The minimum absolute atomic E-state index is 0.236. The van der Waals surface area contributed by atoms with E-state index in [1.807, 2.05) is 24.3 Å². The van der Waals surface area contributed by atoms with Crippen LogP contribution in [0.4, 0.5) is 5.69 Å². The van der Waals surface area contributed by atoms with E-state index in [4.69, 9.17) is 0 Å². The molecule has 0 aromatic heterocycles. The molecule has 92 valence electrons. The number of aryl methyl sites for hydroxylation is 1. The molecule has 0 bridgehead atoms. The van der Waals surface area contributed by atoms with E-state index >= 15 is 0 Å². The summed E-state index contributed by atoms with van der Waals surface area (Å²) in [5.74, 6) is 0.236. The summed E-state index contributed by atoms with van der Waals surface area (Å²) in [7, 11) is 0. The first-order valence-corrected chi connectivity index (χ1v) is 6.60. The average molecular weight is 304 g/mol. The molecule has 0 saturated heterocycles. The van der Waals surface area contributed by atoms with E-state index in [2.05, 4.69) is 40.0 Å². The molecule has 3 heteroatoms. The second kappa shape index (κ2) is 5.83. The van der Waals surface area contributed by atoms with Crippen molar-refractivity contribution in [2.45, 2.75) is 13.3 Å². The van der Waals surface area contributed by atoms with Gasteiger partial charge in [-0.3, -0.25) is 4.99 Å². The molecule has 1 N–H and O–H groups in total. The van der Waals surface area contributed by atoms with E-state index < -0.39 is 0 Å². The summed E-state index contributed by atoms with van der Waals surface area (Å²) in [5.41, 5.74) is 3.18. The Kier molecular flexibility index (Phi) is 4.15. The summed E-state index contributed by atoms with van der Waals surface area (Å²) in [4.78, 5) is 4.40. The van der Waals surface area contributed by atoms with Crippen molar-refractivity contribution in [1.82, 2.24) is 0 Å². The third-order valence-electron chi connectivity index (χ3n) is 2.68. The second-order valence-electron chi connectivity index (χ2n) is 3.99. The summed E-state index contributed by atoms with van der Waals surface area (Å²) >= 11 is 3.28. The third-order valence-corrected chi connectivity index (χ3v) is 3.31. The molecule has 0 atom stereocenters. The quantitative estimate of drug-likeness (QED) is 0.834. The van der Waals surface area contributed by atoms with Gasteiger partial charge in [0.05, 0.1) is 10.2 Å². The molecule has 0 fully saturated rings. The lowest BCUT2D eigenvalue weighted by Crippen LogP contribution is -1.81. The van der Waals surface area contributed by atoms with Gasteiger partial charge >= 0.3 is 0 Å². The van der Waals surface area contributed by atoms with Crippen LogP contribution >= 0.6 is 15.9 Å². The fraction of sp³-hybridized carbons (Fsp3) is 0.133. The Morgan fingerprint density at radius 3 is 2.50 bits per heavy atom. The molecule has 2 aromatic rings. The van der Waals surface area contributed by atoms with Crippen molar-refractivity contribution < 1.29 is 5.11 Å². The highest BCUT2D eigenvalue weighted by molar-refractivity contribution is 9.10. The molecule has 2 rings (SSSR count). The summed E-state index contributed by atoms with van der Waals surface area (Å²) in [6.07, 6.45) is 2.82. The van der Waals surface area contributed by atoms with E-state index in [-0.39, 0.29) is 5.75 Å². The van der Waals surface area contributed by atoms with Crippen molar-refractivity contribution in [3.8, 4) is 5.75 Å². The molecule has 0 aliphatic carbocycles. The zero-order valence-electron chi connectivity index (χ0n) is 10.1. The van der Waals surface area contributed by atoms with Gasteiger partial charge in [0.2, 0.25) is 0 Å². The fourth-order valence-electron chi connectivity index (χ4n) is 1.57. The van der Waals surface area contributed by atoms with Crippen molar-refractivity contribution in [1.29, 1.82) is 0 Å². The molecule has 0 amide bonds. The lowest BCUT2D eigenvalue weighted by atomic mass is 10.1. The Labute approximate surface area is 115 Å². The summed E-state index contributed by atoms with van der Waals surface area (Å²) in [6.45, 7) is 2.13. The number of hydrogen-bond acceptors (Lipinski definition) is 2. The van der Waals surface area contributed by atoms with Gasteiger partial charge in [0.15, 0.2) is 0 Å². The Balaban J connectivity index is 2.16. The van der Waals surface area contributed by atoms with Gasteiger partial charge in [0.1, 0.15) is 5.75 Å². The highest BCUT2D eigenvalue weighted by Gasteiger charge is 1.97. The lowest BCUT2D eigenvalue weighted by molar-refractivity contribution is 0.472. The Morgan fingerprint density at radius 2 is 1.89 bits per heavy atom. The summed E-state index contributed by atoms with van der Waals surface area (Å²) < 4.78 is 0.674. The zero-order valence-corrected chi connectivity index (χ0v) is 11.7. The predicted octanol–water partition coefficient (Wildman–Crippen LogP) is 4.47. The first-order chi connectivity index (χ1) is 8.69. The van der Waals surface area contributed by atoms with Gasteiger partial charge in [-0.05, 0) is 63.8 Å². The highest BCUT2D eigenvalue weighted by Crippen LogP contribution is 2.24. The Hall–Kier alpha value is -1.61. The number of benzene rings is 2. The van der Waals surface area contributed by atoms with Crippen molar-refractivity contribution in [3.63, 3.8) is 0 Å². The number of phenols is 1. The molecule has 0 spiro atoms. The van der Waals surface area contributed by atoms with Crippen LogP contribution in [-0.4, -0.2) is 11.3 Å². The molecule has 2 aromatic carbocycles. The smallest absolute Gasteiger partial charge is 0.129 e. The second-order valence-corrected chi connectivity index (χ2v) is 4.84. The monoisotopic (exact) mass is 303 g/mol. The molecule has 18 heavy (non-hydrogen) atoms. The van der Waals surface area contributed by atoms with Crippen LogP contribution in [0.2, 0.25) is 0 Å². The van der Waals surface area contributed by atoms with Gasteiger partial charge in [0, 0.05) is 6.21 Å². The molecule has 0 aliphatic heterocycles. The molecular weight excluding hydrogens is 290 g/mol. The van der Waals surface area contributed by atoms with Crippen LogP contribution in [0.3, 0.4) is 0 Å². The molecular formula is C15H14BrNO. The van der Waals surface area contributed by atoms with Crippen molar-refractivity contribution >= 4 is 27.8 Å². The van der Waals surface area contributed by atoms with Crippen LogP contribution in [0.15, 0.2) is 51.9 Å². The first-order valence-electron chi connectivity index (χ1n) is 5.80. The van der Waals surface area contributed by atoms with Crippen LogP contribution in [0.5, 0.6) is 5.75 Å². The maximum Gasteiger partial charge on any atom is 0.129 e. The van der Waals surface area contributed by atoms with Crippen LogP contribution < -0.4 is 0 Å². The number of hydrogen-bond donors (Lipinski definition) is 1. The van der Waals surface area contributed by atoms with Crippen molar-refractivity contribution in [2.24, 2.45) is 4.99 Å². The number of phenolic OH excluding ortho intramolecular Hbond substituents is 1. The lowest BCUT2D eigenvalue weighted by Gasteiger charge is -1.99. The van der Waals surface area contributed by atoms with Crippen LogP contribution in [-0.2, 0) is 6.42 Å². The van der Waals surface area contributed by atoms with Gasteiger partial charge in [-0.1, -0.05) is 19.1 Å². The minimum Gasteiger partial charge on any atom is -0.507 e. The van der Waals surface area contributed by atoms with E-state index in [1.165, 1.54) is 5.56 Å². The van der Waals surface area contributed by atoms with Gasteiger partial charge in [-0.15, -0.1) is 0 Å². The van der Waals surface area contributed by atoms with E-state index in [1.54, 1.807) is 12.3 Å². The summed E-state index contributed by atoms with van der Waals surface area (Å²) in [6, 6.07) is 13.5. The molecule has 0 saturated carbocycles. The molecule has 2 nitrogen and oxygen atoms in total. The summed E-state index contributed by atoms with van der Waals surface area (Å²) in [5, 5.41) is 9.40. The topological polar surface area (TPSA) is 32.6 Å². The van der Waals surface area contributed by atoms with E-state index in [9.17, 15) is 5.11 Å². The van der Waals surface area contributed by atoms with Gasteiger partial charge in [0.25, 0.3) is 0 Å². The fourth-order valence-corrected chi connectivity index (χ4v) is 1.97. The van der Waals surface area contributed by atoms with Crippen LogP contribution in [0.25, 0.3) is 0 Å². The predicted molar refractivity (Wildman–Crippen MR) is 78.9 cm³/mol. The number of rotatable bonds is 3. The number of aromatic hydroxyl groups is 1. The highest BCUT2D eigenvalue weighted by atomic mass is 79.9. The minimum atomic E-state index is 0.236. The number of aliphatic imine (C=N–C) groups is 1. The molecule has 0 radical (unpaired) electrons. The largest absolute Gasteiger partial charge is 0.507 e. The van der Waals surface area contributed by atoms with Crippen molar-refractivity contribution in [3.05, 3.63) is 58.1 Å². The van der Waals surface area contributed by atoms with Crippen LogP contribution in [0, 0.1) is 0 Å². The van der Waals surface area contributed by atoms with Crippen molar-refractivity contribution in [2.75, 3.05) is 0 Å². The van der Waals surface area contributed by atoms with Crippen LogP contribution in [0.1, 0.15) is 18.1 Å². The van der Waals surface area contributed by atoms with Gasteiger partial charge < -0.3 is 5.11 Å². The van der Waals surface area contributed by atoms with E-state index in [0.717, 1.165) is 17.7 Å². The molecule has 0 unspecified atom stereocenters. The van der Waals surface area contributed by atoms with Gasteiger partial charge in [-0.25, -0.2) is 0 Å². The Morgan fingerprint density at radius 1 is 1.17 bits per heavy atom. The SMILES string of the molecule is CCc1ccc(N=Cc2ccc(O)c(Br)c2)cc1. The third kappa shape index (κ3) is 3.20. The normalized spacial score (nSPS) is 11.0. The van der Waals surface area contributed by atoms with E-state index in [0.29, 0.717) is 4.47 Å². The standard InChI is InChI=1S/C15H14BrNO/c1-2-11-3-6-13(7-4-11)17-10-12-5-8-15(18)14(16)9-12/h3-10,18H,2H2,1H3. The molecule has 0 aliphatic rings. The average Bonchev–Trinajstić information content (AvgIpc) is 2.41.